The van der Waals surface area contributed by atoms with Gasteiger partial charge in [-0.1, -0.05) is 153 Å². The Kier molecular flexibility index (Phi) is 7.36. The fourth-order valence-corrected chi connectivity index (χ4v) is 14.3. The molecule has 0 atom stereocenters. The molecular weight excluding hydrogens is 735 g/mol. The third kappa shape index (κ3) is 4.72. The number of hydrogen-bond donors (Lipinski definition) is 0. The molecule has 4 heteroatoms. The van der Waals surface area contributed by atoms with Gasteiger partial charge in [0.05, 0.1) is 33.0 Å². The summed E-state index contributed by atoms with van der Waals surface area (Å²) in [6.07, 6.45) is 0. The van der Waals surface area contributed by atoms with Crippen molar-refractivity contribution < 1.29 is 0 Å². The molecule has 3 heterocycles. The van der Waals surface area contributed by atoms with Crippen molar-refractivity contribution in [1.82, 2.24) is 14.5 Å². The van der Waals surface area contributed by atoms with Gasteiger partial charge in [0.2, 0.25) is 0 Å². The van der Waals surface area contributed by atoms with Crippen LogP contribution in [-0.2, 0) is 5.41 Å². The van der Waals surface area contributed by atoms with E-state index in [9.17, 15) is 0 Å². The number of hydrogen-bond acceptors (Lipinski definition) is 2. The highest BCUT2D eigenvalue weighted by molar-refractivity contribution is 8.34. The van der Waals surface area contributed by atoms with Crippen LogP contribution in [0.15, 0.2) is 220 Å². The van der Waals surface area contributed by atoms with E-state index in [1.807, 2.05) is 0 Å². The highest BCUT2D eigenvalue weighted by Crippen LogP contribution is 2.81. The van der Waals surface area contributed by atoms with Crippen LogP contribution in [0.3, 0.4) is 0 Å². The van der Waals surface area contributed by atoms with Crippen LogP contribution in [0.4, 0.5) is 0 Å². The summed E-state index contributed by atoms with van der Waals surface area (Å²) < 4.78 is 2.45. The minimum Gasteiger partial charge on any atom is -0.308 e. The third-order valence-corrected chi connectivity index (χ3v) is 16.6. The Morgan fingerprint density at radius 3 is 1.76 bits per heavy atom. The predicted molar refractivity (Wildman–Crippen MR) is 244 cm³/mol. The van der Waals surface area contributed by atoms with Crippen molar-refractivity contribution in [3.05, 3.63) is 211 Å². The Bertz CT molecular complexity index is 3250. The van der Waals surface area contributed by atoms with Gasteiger partial charge in [-0.05, 0) is 82.9 Å². The second-order valence-electron chi connectivity index (χ2n) is 16.1. The summed E-state index contributed by atoms with van der Waals surface area (Å²) in [5.74, 6) is 0.711. The van der Waals surface area contributed by atoms with Gasteiger partial charge in [0.15, 0.2) is 5.82 Å². The lowest BCUT2D eigenvalue weighted by atomic mass is 9.82. The first-order valence-electron chi connectivity index (χ1n) is 20.3. The molecule has 0 radical (unpaired) electrons. The maximum Gasteiger partial charge on any atom is 0.162 e. The molecule has 0 unspecified atom stereocenters. The summed E-state index contributed by atoms with van der Waals surface area (Å²) >= 11 is 0. The Morgan fingerprint density at radius 2 is 1.02 bits per heavy atom. The second kappa shape index (κ2) is 12.7. The zero-order valence-corrected chi connectivity index (χ0v) is 33.6. The number of fused-ring (bicyclic) bond motifs is 9. The first-order valence-corrected chi connectivity index (χ1v) is 22.0. The lowest BCUT2D eigenvalue weighted by Crippen LogP contribution is -2.14. The quantitative estimate of drug-likeness (QED) is 0.174. The number of nitrogens with zero attached hydrogens (tertiary/aromatic N) is 3. The molecule has 0 fully saturated rings. The minimum atomic E-state index is -2.00. The van der Waals surface area contributed by atoms with E-state index in [0.29, 0.717) is 5.82 Å². The number of para-hydroxylation sites is 2. The SMILES string of the molecule is CC1(C)c2ccccc2-c2cc3c(cc21)c1ccccc1n3-c1ccccc1-c1nc(-c2ccccc2)c2c(n1)-c1ccccc1S2(c1ccccc1)c1ccccc1. The number of rotatable bonds is 5. The third-order valence-electron chi connectivity index (χ3n) is 12.6. The smallest absolute Gasteiger partial charge is 0.162 e. The molecule has 12 rings (SSSR count). The van der Waals surface area contributed by atoms with E-state index in [-0.39, 0.29) is 5.41 Å². The van der Waals surface area contributed by atoms with Crippen molar-refractivity contribution in [2.75, 3.05) is 0 Å². The molecular formula is C55H39N3S. The van der Waals surface area contributed by atoms with Gasteiger partial charge in [-0.25, -0.2) is 9.97 Å². The van der Waals surface area contributed by atoms with Crippen LogP contribution in [-0.4, -0.2) is 14.5 Å². The van der Waals surface area contributed by atoms with E-state index in [1.165, 1.54) is 58.1 Å². The molecule has 8 aromatic carbocycles. The van der Waals surface area contributed by atoms with E-state index in [1.54, 1.807) is 0 Å². The van der Waals surface area contributed by atoms with Crippen LogP contribution in [0.2, 0.25) is 0 Å². The highest BCUT2D eigenvalue weighted by Gasteiger charge is 2.46. The first-order chi connectivity index (χ1) is 29.0. The maximum atomic E-state index is 5.75. The summed E-state index contributed by atoms with van der Waals surface area (Å²) in [4.78, 5) is 16.5. The Labute approximate surface area is 345 Å². The van der Waals surface area contributed by atoms with Crippen molar-refractivity contribution in [1.29, 1.82) is 0 Å². The first kappa shape index (κ1) is 34.1. The molecule has 0 bridgehead atoms. The molecule has 2 aliphatic rings. The Balaban J connectivity index is 1.18. The standard InChI is InChI=1S/C55H39N3S/c1-55(2)45-30-16-12-26-39(45)43-35-49-44(34-46(43)55)40-27-13-17-31-47(40)58(49)48-32-18-14-28-41(48)54-56-51(36-20-6-3-7-21-36)53-52(57-54)42-29-15-19-33-50(42)59(53,37-22-8-4-9-23-37)38-24-10-5-11-25-38/h3-35H,1-2H3. The van der Waals surface area contributed by atoms with E-state index in [2.05, 4.69) is 219 Å². The molecule has 0 N–H and O–H groups in total. The molecule has 10 aromatic rings. The molecule has 59 heavy (non-hydrogen) atoms. The van der Waals surface area contributed by atoms with Gasteiger partial charge in [-0.3, -0.25) is 0 Å². The highest BCUT2D eigenvalue weighted by atomic mass is 32.3. The van der Waals surface area contributed by atoms with Gasteiger partial charge in [0.25, 0.3) is 0 Å². The summed E-state index contributed by atoms with van der Waals surface area (Å²) in [6.45, 7) is 4.72. The summed E-state index contributed by atoms with van der Waals surface area (Å²) in [5.41, 5.74) is 13.9. The minimum absolute atomic E-state index is 0.0969. The average Bonchev–Trinajstić information content (AvgIpc) is 3.87. The monoisotopic (exact) mass is 773 g/mol. The van der Waals surface area contributed by atoms with Crippen molar-refractivity contribution in [2.24, 2.45) is 0 Å². The molecule has 0 spiro atoms. The molecule has 0 saturated carbocycles. The van der Waals surface area contributed by atoms with E-state index < -0.39 is 10.0 Å². The van der Waals surface area contributed by atoms with Gasteiger partial charge in [-0.2, -0.15) is 0 Å². The van der Waals surface area contributed by atoms with Crippen LogP contribution in [0.5, 0.6) is 0 Å². The van der Waals surface area contributed by atoms with Gasteiger partial charge in [0, 0.05) is 47.6 Å². The summed E-state index contributed by atoms with van der Waals surface area (Å²) in [7, 11) is -2.00. The van der Waals surface area contributed by atoms with Crippen molar-refractivity contribution in [3.8, 4) is 50.7 Å². The average molecular weight is 774 g/mol. The second-order valence-corrected chi connectivity index (χ2v) is 19.1. The number of benzene rings is 8. The molecule has 0 saturated heterocycles. The molecule has 1 aliphatic carbocycles. The van der Waals surface area contributed by atoms with Gasteiger partial charge >= 0.3 is 0 Å². The zero-order valence-electron chi connectivity index (χ0n) is 32.8. The van der Waals surface area contributed by atoms with E-state index in [4.69, 9.17) is 9.97 Å². The molecule has 280 valence electrons. The van der Waals surface area contributed by atoms with Gasteiger partial charge in [0.1, 0.15) is 0 Å². The summed E-state index contributed by atoms with van der Waals surface area (Å²) in [6, 6.07) is 73.1. The molecule has 3 nitrogen and oxygen atoms in total. The van der Waals surface area contributed by atoms with Crippen LogP contribution in [0.1, 0.15) is 25.0 Å². The maximum absolute atomic E-state index is 5.75. The van der Waals surface area contributed by atoms with Gasteiger partial charge in [-0.15, -0.1) is 10.0 Å². The fraction of sp³-hybridized carbons (Fsp3) is 0.0545. The molecule has 2 aromatic heterocycles. The van der Waals surface area contributed by atoms with Crippen molar-refractivity contribution >= 4 is 31.8 Å². The van der Waals surface area contributed by atoms with E-state index >= 15 is 0 Å². The predicted octanol–water partition coefficient (Wildman–Crippen LogP) is 14.5. The van der Waals surface area contributed by atoms with Crippen LogP contribution < -0.4 is 0 Å². The van der Waals surface area contributed by atoms with Crippen LogP contribution in [0, 0.1) is 0 Å². The van der Waals surface area contributed by atoms with Crippen molar-refractivity contribution in [3.63, 3.8) is 0 Å². The topological polar surface area (TPSA) is 30.7 Å². The lowest BCUT2D eigenvalue weighted by molar-refractivity contribution is 0.661. The zero-order chi connectivity index (χ0) is 39.3. The van der Waals surface area contributed by atoms with Crippen molar-refractivity contribution in [2.45, 2.75) is 38.8 Å². The Morgan fingerprint density at radius 1 is 0.441 bits per heavy atom. The van der Waals surface area contributed by atoms with Crippen LogP contribution in [0.25, 0.3) is 72.5 Å². The molecule has 1 aliphatic heterocycles. The Hall–Kier alpha value is -7.01. The van der Waals surface area contributed by atoms with E-state index in [0.717, 1.165) is 39.3 Å². The number of aromatic nitrogens is 3. The van der Waals surface area contributed by atoms with Gasteiger partial charge < -0.3 is 4.57 Å². The lowest BCUT2D eigenvalue weighted by Gasteiger charge is -2.39. The summed E-state index contributed by atoms with van der Waals surface area (Å²) in [5, 5.41) is 2.49. The molecule has 0 amide bonds. The van der Waals surface area contributed by atoms with Crippen LogP contribution >= 0.6 is 10.0 Å². The normalized spacial score (nSPS) is 14.7. The largest absolute Gasteiger partial charge is 0.308 e. The fourth-order valence-electron chi connectivity index (χ4n) is 10.0.